The first kappa shape index (κ1) is 10.2. The van der Waals surface area contributed by atoms with E-state index >= 15 is 0 Å². The molecule has 0 aromatic carbocycles. The zero-order valence-electron chi connectivity index (χ0n) is 8.03. The summed E-state index contributed by atoms with van der Waals surface area (Å²) in [7, 11) is 0. The fourth-order valence-electron chi connectivity index (χ4n) is 0.959. The largest absolute Gasteiger partial charge is 0.291 e. The molecule has 1 heterocycles. The molecule has 70 valence electrons. The second kappa shape index (κ2) is 3.86. The van der Waals surface area contributed by atoms with Crippen molar-refractivity contribution in [3.63, 3.8) is 0 Å². The molecule has 1 rings (SSSR count). The Morgan fingerprint density at radius 2 is 2.31 bits per heavy atom. The summed E-state index contributed by atoms with van der Waals surface area (Å²) < 4.78 is 0. The van der Waals surface area contributed by atoms with Crippen molar-refractivity contribution in [2.24, 2.45) is 0 Å². The fourth-order valence-corrected chi connectivity index (χ4v) is 1.59. The number of aromatic nitrogens is 1. The molecule has 0 bridgehead atoms. The predicted molar refractivity (Wildman–Crippen MR) is 53.4 cm³/mol. The van der Waals surface area contributed by atoms with E-state index in [0.717, 1.165) is 5.01 Å². The van der Waals surface area contributed by atoms with Crippen LogP contribution in [0.4, 0.5) is 0 Å². The molecule has 0 aliphatic heterocycles. The maximum absolute atomic E-state index is 8.92. The Hall–Kier alpha value is -0.920. The third-order valence-corrected chi connectivity index (χ3v) is 2.25. The molecule has 0 spiro atoms. The van der Waals surface area contributed by atoms with Gasteiger partial charge in [-0.2, -0.15) is 5.26 Å². The van der Waals surface area contributed by atoms with E-state index in [-0.39, 0.29) is 11.6 Å². The van der Waals surface area contributed by atoms with E-state index in [1.54, 1.807) is 6.20 Å². The van der Waals surface area contributed by atoms with Gasteiger partial charge in [0, 0.05) is 17.1 Å². The van der Waals surface area contributed by atoms with Gasteiger partial charge < -0.3 is 0 Å². The van der Waals surface area contributed by atoms with Crippen LogP contribution in [0.2, 0.25) is 0 Å². The molecule has 1 aromatic rings. The normalized spacial score (nSPS) is 13.7. The lowest BCUT2D eigenvalue weighted by Crippen LogP contribution is -2.38. The molecular weight excluding hydrogens is 182 g/mol. The van der Waals surface area contributed by atoms with E-state index in [1.807, 2.05) is 26.2 Å². The minimum absolute atomic E-state index is 0.0634. The van der Waals surface area contributed by atoms with E-state index in [1.165, 1.54) is 11.3 Å². The molecule has 0 amide bonds. The van der Waals surface area contributed by atoms with Gasteiger partial charge in [-0.25, -0.2) is 4.98 Å². The zero-order chi connectivity index (χ0) is 9.90. The molecule has 0 fully saturated rings. The Balaban J connectivity index is 2.72. The average Bonchev–Trinajstić information content (AvgIpc) is 2.50. The summed E-state index contributed by atoms with van der Waals surface area (Å²) in [6.45, 7) is 6.10. The predicted octanol–water partition coefficient (Wildman–Crippen LogP) is 2.10. The van der Waals surface area contributed by atoms with Gasteiger partial charge in [-0.05, 0) is 20.8 Å². The molecule has 0 aliphatic rings. The van der Waals surface area contributed by atoms with Crippen molar-refractivity contribution in [3.05, 3.63) is 16.6 Å². The fraction of sp³-hybridized carbons (Fsp3) is 0.556. The maximum atomic E-state index is 8.92. The Labute approximate surface area is 82.4 Å². The Bertz CT molecular complexity index is 292. The molecule has 4 heteroatoms. The zero-order valence-corrected chi connectivity index (χ0v) is 8.85. The van der Waals surface area contributed by atoms with Crippen LogP contribution in [0, 0.1) is 11.3 Å². The van der Waals surface area contributed by atoms with Crippen LogP contribution in [0.25, 0.3) is 0 Å². The summed E-state index contributed by atoms with van der Waals surface area (Å²) >= 11 is 1.50. The molecule has 1 atom stereocenters. The third kappa shape index (κ3) is 3.13. The SMILES string of the molecule is CC(C)(C)NC(C#N)c1nccs1. The number of hydrogen-bond donors (Lipinski definition) is 1. The summed E-state index contributed by atoms with van der Waals surface area (Å²) in [5.74, 6) is 0. The van der Waals surface area contributed by atoms with Crippen molar-refractivity contribution in [3.8, 4) is 6.07 Å². The van der Waals surface area contributed by atoms with Crippen LogP contribution in [0.3, 0.4) is 0 Å². The first-order valence-electron chi connectivity index (χ1n) is 4.09. The summed E-state index contributed by atoms with van der Waals surface area (Å²) in [5, 5.41) is 14.8. The van der Waals surface area contributed by atoms with Gasteiger partial charge in [0.15, 0.2) is 0 Å². The van der Waals surface area contributed by atoms with Crippen molar-refractivity contribution in [2.45, 2.75) is 32.4 Å². The first-order valence-corrected chi connectivity index (χ1v) is 4.97. The lowest BCUT2D eigenvalue weighted by molar-refractivity contribution is 0.400. The highest BCUT2D eigenvalue weighted by atomic mass is 32.1. The van der Waals surface area contributed by atoms with Gasteiger partial charge in [-0.3, -0.25) is 5.32 Å². The van der Waals surface area contributed by atoms with Gasteiger partial charge in [0.1, 0.15) is 11.0 Å². The minimum atomic E-state index is -0.292. The topological polar surface area (TPSA) is 48.7 Å². The Morgan fingerprint density at radius 3 is 2.69 bits per heavy atom. The van der Waals surface area contributed by atoms with Crippen LogP contribution < -0.4 is 5.32 Å². The highest BCUT2D eigenvalue weighted by molar-refractivity contribution is 7.09. The van der Waals surface area contributed by atoms with Crippen molar-refractivity contribution in [1.29, 1.82) is 5.26 Å². The van der Waals surface area contributed by atoms with Gasteiger partial charge >= 0.3 is 0 Å². The Kier molecular flexibility index (Phi) is 3.02. The summed E-state index contributed by atoms with van der Waals surface area (Å²) in [6, 6.07) is 1.91. The minimum Gasteiger partial charge on any atom is -0.291 e. The van der Waals surface area contributed by atoms with Crippen LogP contribution in [-0.2, 0) is 0 Å². The monoisotopic (exact) mass is 195 g/mol. The van der Waals surface area contributed by atoms with E-state index in [4.69, 9.17) is 5.26 Å². The molecule has 0 aliphatic carbocycles. The standard InChI is InChI=1S/C9H13N3S/c1-9(2,3)12-7(6-10)8-11-4-5-13-8/h4-5,7,12H,1-3H3. The van der Waals surface area contributed by atoms with Crippen LogP contribution in [0.5, 0.6) is 0 Å². The van der Waals surface area contributed by atoms with Crippen LogP contribution in [0.1, 0.15) is 31.8 Å². The molecule has 3 nitrogen and oxygen atoms in total. The smallest absolute Gasteiger partial charge is 0.148 e. The van der Waals surface area contributed by atoms with Crippen molar-refractivity contribution >= 4 is 11.3 Å². The van der Waals surface area contributed by atoms with E-state index < -0.39 is 0 Å². The van der Waals surface area contributed by atoms with Crippen LogP contribution in [0.15, 0.2) is 11.6 Å². The summed E-state index contributed by atoms with van der Waals surface area (Å²) in [6.07, 6.45) is 1.72. The molecule has 1 aromatic heterocycles. The average molecular weight is 195 g/mol. The number of nitriles is 1. The molecule has 0 radical (unpaired) electrons. The molecule has 0 saturated carbocycles. The highest BCUT2D eigenvalue weighted by Crippen LogP contribution is 2.17. The maximum Gasteiger partial charge on any atom is 0.148 e. The van der Waals surface area contributed by atoms with Crippen molar-refractivity contribution in [2.75, 3.05) is 0 Å². The van der Waals surface area contributed by atoms with Crippen LogP contribution in [-0.4, -0.2) is 10.5 Å². The van der Waals surface area contributed by atoms with Crippen LogP contribution >= 0.6 is 11.3 Å². The number of nitrogens with one attached hydrogen (secondary N) is 1. The molecular formula is C9H13N3S. The third-order valence-electron chi connectivity index (χ3n) is 1.40. The molecule has 0 saturated heterocycles. The molecule has 1 unspecified atom stereocenters. The number of thiazole rings is 1. The Morgan fingerprint density at radius 1 is 1.62 bits per heavy atom. The molecule has 13 heavy (non-hydrogen) atoms. The molecule has 1 N–H and O–H groups in total. The number of rotatable bonds is 2. The van der Waals surface area contributed by atoms with E-state index in [9.17, 15) is 0 Å². The lowest BCUT2D eigenvalue weighted by atomic mass is 10.1. The van der Waals surface area contributed by atoms with E-state index in [0.29, 0.717) is 0 Å². The van der Waals surface area contributed by atoms with E-state index in [2.05, 4.69) is 16.4 Å². The number of hydrogen-bond acceptors (Lipinski definition) is 4. The summed E-state index contributed by atoms with van der Waals surface area (Å²) in [5.41, 5.74) is -0.0634. The van der Waals surface area contributed by atoms with Gasteiger partial charge in [0.05, 0.1) is 6.07 Å². The quantitative estimate of drug-likeness (QED) is 0.786. The first-order chi connectivity index (χ1) is 6.03. The van der Waals surface area contributed by atoms with Gasteiger partial charge in [0.2, 0.25) is 0 Å². The van der Waals surface area contributed by atoms with Crippen molar-refractivity contribution < 1.29 is 0 Å². The van der Waals surface area contributed by atoms with Gasteiger partial charge in [-0.1, -0.05) is 0 Å². The number of nitrogens with zero attached hydrogens (tertiary/aromatic N) is 2. The van der Waals surface area contributed by atoms with Crippen molar-refractivity contribution in [1.82, 2.24) is 10.3 Å². The highest BCUT2D eigenvalue weighted by Gasteiger charge is 2.19. The lowest BCUT2D eigenvalue weighted by Gasteiger charge is -2.23. The summed E-state index contributed by atoms with van der Waals surface area (Å²) in [4.78, 5) is 4.11. The van der Waals surface area contributed by atoms with Gasteiger partial charge in [-0.15, -0.1) is 11.3 Å². The second-order valence-corrected chi connectivity index (χ2v) is 4.75. The second-order valence-electron chi connectivity index (χ2n) is 3.83. The van der Waals surface area contributed by atoms with Gasteiger partial charge in [0.25, 0.3) is 0 Å².